The predicted octanol–water partition coefficient (Wildman–Crippen LogP) is 3.28. The Morgan fingerprint density at radius 3 is 2.88 bits per heavy atom. The normalized spacial score (nSPS) is 11.5. The number of rotatable bonds is 4. The lowest BCUT2D eigenvalue weighted by Crippen LogP contribution is -2.24. The van der Waals surface area contributed by atoms with Gasteiger partial charge in [0.2, 0.25) is 0 Å². The van der Waals surface area contributed by atoms with Gasteiger partial charge in [-0.05, 0) is 37.6 Å². The summed E-state index contributed by atoms with van der Waals surface area (Å²) in [5.41, 5.74) is 3.57. The van der Waals surface area contributed by atoms with Crippen LogP contribution in [0.3, 0.4) is 0 Å². The molecular formula is C14H19NO. The Morgan fingerprint density at radius 2 is 2.12 bits per heavy atom. The summed E-state index contributed by atoms with van der Waals surface area (Å²) in [7, 11) is 0. The molecule has 0 aliphatic heterocycles. The number of benzene rings is 1. The second-order valence-electron chi connectivity index (χ2n) is 4.62. The smallest absolute Gasteiger partial charge is 0.134 e. The van der Waals surface area contributed by atoms with E-state index < -0.39 is 0 Å². The molecule has 0 radical (unpaired) electrons. The van der Waals surface area contributed by atoms with E-state index in [1.165, 1.54) is 16.5 Å². The van der Waals surface area contributed by atoms with Gasteiger partial charge < -0.3 is 9.73 Å². The number of hydrogen-bond acceptors (Lipinski definition) is 2. The van der Waals surface area contributed by atoms with Crippen molar-refractivity contribution in [2.45, 2.75) is 33.2 Å². The van der Waals surface area contributed by atoms with Gasteiger partial charge >= 0.3 is 0 Å². The van der Waals surface area contributed by atoms with Crippen LogP contribution in [0.1, 0.15) is 25.0 Å². The van der Waals surface area contributed by atoms with Crippen molar-refractivity contribution in [3.8, 4) is 0 Å². The van der Waals surface area contributed by atoms with Crippen LogP contribution in [0.5, 0.6) is 0 Å². The van der Waals surface area contributed by atoms with Gasteiger partial charge in [-0.15, -0.1) is 0 Å². The third kappa shape index (κ3) is 2.45. The Hall–Kier alpha value is -1.28. The molecule has 2 rings (SSSR count). The first-order valence-electron chi connectivity index (χ1n) is 5.87. The van der Waals surface area contributed by atoms with E-state index in [2.05, 4.69) is 38.2 Å². The summed E-state index contributed by atoms with van der Waals surface area (Å²) in [4.78, 5) is 0. The summed E-state index contributed by atoms with van der Waals surface area (Å²) in [6.45, 7) is 7.44. The van der Waals surface area contributed by atoms with Crippen molar-refractivity contribution < 1.29 is 4.42 Å². The first-order chi connectivity index (χ1) is 7.66. The molecule has 1 N–H and O–H groups in total. The van der Waals surface area contributed by atoms with Gasteiger partial charge in [0.25, 0.3) is 0 Å². The van der Waals surface area contributed by atoms with Gasteiger partial charge in [0, 0.05) is 11.4 Å². The predicted molar refractivity (Wildman–Crippen MR) is 67.8 cm³/mol. The molecule has 0 aliphatic rings. The molecule has 0 saturated carbocycles. The van der Waals surface area contributed by atoms with Crippen LogP contribution in [-0.4, -0.2) is 12.6 Å². The van der Waals surface area contributed by atoms with E-state index in [1.807, 2.05) is 12.3 Å². The van der Waals surface area contributed by atoms with Crippen molar-refractivity contribution in [1.82, 2.24) is 5.32 Å². The molecule has 2 nitrogen and oxygen atoms in total. The number of nitrogens with one attached hydrogen (secondary N) is 1. The van der Waals surface area contributed by atoms with Crippen LogP contribution < -0.4 is 5.32 Å². The van der Waals surface area contributed by atoms with E-state index in [4.69, 9.17) is 4.42 Å². The largest absolute Gasteiger partial charge is 0.464 e. The van der Waals surface area contributed by atoms with Gasteiger partial charge in [0.1, 0.15) is 5.58 Å². The van der Waals surface area contributed by atoms with Gasteiger partial charge in [-0.1, -0.05) is 25.5 Å². The Morgan fingerprint density at radius 1 is 1.31 bits per heavy atom. The molecule has 1 aromatic heterocycles. The van der Waals surface area contributed by atoms with Crippen molar-refractivity contribution in [1.29, 1.82) is 0 Å². The molecule has 16 heavy (non-hydrogen) atoms. The van der Waals surface area contributed by atoms with Gasteiger partial charge in [-0.25, -0.2) is 0 Å². The molecule has 0 atom stereocenters. The quantitative estimate of drug-likeness (QED) is 0.850. The van der Waals surface area contributed by atoms with Crippen LogP contribution in [0.15, 0.2) is 28.9 Å². The van der Waals surface area contributed by atoms with Crippen LogP contribution >= 0.6 is 0 Å². The Kier molecular flexibility index (Phi) is 3.30. The molecule has 0 spiro atoms. The monoisotopic (exact) mass is 217 g/mol. The fourth-order valence-electron chi connectivity index (χ4n) is 1.88. The molecule has 2 heteroatoms. The molecule has 1 heterocycles. The van der Waals surface area contributed by atoms with Crippen molar-refractivity contribution in [3.05, 3.63) is 35.6 Å². The highest BCUT2D eigenvalue weighted by Crippen LogP contribution is 2.22. The van der Waals surface area contributed by atoms with Crippen LogP contribution in [0, 0.1) is 6.92 Å². The van der Waals surface area contributed by atoms with Crippen LogP contribution in [0.4, 0.5) is 0 Å². The topological polar surface area (TPSA) is 25.2 Å². The zero-order chi connectivity index (χ0) is 11.5. The van der Waals surface area contributed by atoms with E-state index in [0.29, 0.717) is 6.04 Å². The highest BCUT2D eigenvalue weighted by Gasteiger charge is 2.05. The molecular weight excluding hydrogens is 198 g/mol. The van der Waals surface area contributed by atoms with Crippen molar-refractivity contribution in [3.63, 3.8) is 0 Å². The summed E-state index contributed by atoms with van der Waals surface area (Å²) in [6, 6.07) is 6.87. The summed E-state index contributed by atoms with van der Waals surface area (Å²) in [5.74, 6) is 0. The number of hydrogen-bond donors (Lipinski definition) is 1. The highest BCUT2D eigenvalue weighted by atomic mass is 16.3. The minimum absolute atomic E-state index is 0.542. The van der Waals surface area contributed by atoms with Gasteiger partial charge in [-0.2, -0.15) is 0 Å². The van der Waals surface area contributed by atoms with Crippen LogP contribution in [0.2, 0.25) is 0 Å². The van der Waals surface area contributed by atoms with E-state index in [9.17, 15) is 0 Å². The van der Waals surface area contributed by atoms with E-state index in [-0.39, 0.29) is 0 Å². The fourth-order valence-corrected chi connectivity index (χ4v) is 1.88. The maximum atomic E-state index is 5.53. The van der Waals surface area contributed by atoms with Crippen LogP contribution in [-0.2, 0) is 6.42 Å². The minimum Gasteiger partial charge on any atom is -0.464 e. The second-order valence-corrected chi connectivity index (χ2v) is 4.62. The third-order valence-corrected chi connectivity index (χ3v) is 2.76. The summed E-state index contributed by atoms with van der Waals surface area (Å²) in [6.07, 6.45) is 2.90. The lowest BCUT2D eigenvalue weighted by molar-refractivity contribution is 0.580. The molecule has 0 saturated heterocycles. The zero-order valence-corrected chi connectivity index (χ0v) is 10.2. The van der Waals surface area contributed by atoms with E-state index >= 15 is 0 Å². The second kappa shape index (κ2) is 4.71. The molecule has 86 valence electrons. The Balaban J connectivity index is 2.15. The van der Waals surface area contributed by atoms with Crippen molar-refractivity contribution >= 4 is 11.0 Å². The minimum atomic E-state index is 0.542. The number of aryl methyl sites for hydroxylation is 1. The summed E-state index contributed by atoms with van der Waals surface area (Å²) >= 11 is 0. The molecule has 2 aromatic rings. The summed E-state index contributed by atoms with van der Waals surface area (Å²) in [5, 5.41) is 4.68. The van der Waals surface area contributed by atoms with Gasteiger partial charge in [0.05, 0.1) is 6.26 Å². The molecule has 0 fully saturated rings. The van der Waals surface area contributed by atoms with Crippen LogP contribution in [0.25, 0.3) is 11.0 Å². The first-order valence-corrected chi connectivity index (χ1v) is 5.87. The van der Waals surface area contributed by atoms with Crippen molar-refractivity contribution in [2.24, 2.45) is 0 Å². The Bertz CT molecular complexity index is 471. The highest BCUT2D eigenvalue weighted by molar-refractivity contribution is 5.81. The van der Waals surface area contributed by atoms with E-state index in [1.54, 1.807) is 0 Å². The SMILES string of the molecule is Cc1ccc2occ(CCNC(C)C)c2c1. The Labute approximate surface area is 96.6 Å². The fraction of sp³-hybridized carbons (Fsp3) is 0.429. The third-order valence-electron chi connectivity index (χ3n) is 2.76. The van der Waals surface area contributed by atoms with Gasteiger partial charge in [0.15, 0.2) is 0 Å². The average molecular weight is 217 g/mol. The van der Waals surface area contributed by atoms with E-state index in [0.717, 1.165) is 18.5 Å². The molecule has 0 aliphatic carbocycles. The molecule has 1 aromatic carbocycles. The zero-order valence-electron chi connectivity index (χ0n) is 10.2. The molecule has 0 amide bonds. The van der Waals surface area contributed by atoms with Crippen molar-refractivity contribution in [2.75, 3.05) is 6.54 Å². The summed E-state index contributed by atoms with van der Waals surface area (Å²) < 4.78 is 5.53. The first kappa shape index (κ1) is 11.2. The maximum Gasteiger partial charge on any atom is 0.134 e. The average Bonchev–Trinajstić information content (AvgIpc) is 2.60. The maximum absolute atomic E-state index is 5.53. The lowest BCUT2D eigenvalue weighted by atomic mass is 10.1. The molecule has 0 unspecified atom stereocenters. The molecule has 0 bridgehead atoms. The van der Waals surface area contributed by atoms with Gasteiger partial charge in [-0.3, -0.25) is 0 Å². The number of furan rings is 1. The lowest BCUT2D eigenvalue weighted by Gasteiger charge is -2.06. The standard InChI is InChI=1S/C14H19NO/c1-10(2)15-7-6-12-9-16-14-5-4-11(3)8-13(12)14/h4-5,8-10,15H,6-7H2,1-3H3. The number of fused-ring (bicyclic) bond motifs is 1.